The Morgan fingerprint density at radius 1 is 1.00 bits per heavy atom. The van der Waals surface area contributed by atoms with E-state index in [1.54, 1.807) is 7.11 Å². The Balaban J connectivity index is 1.67. The summed E-state index contributed by atoms with van der Waals surface area (Å²) < 4.78 is 16.6. The highest BCUT2D eigenvalue weighted by molar-refractivity contribution is 5.85. The van der Waals surface area contributed by atoms with Gasteiger partial charge in [-0.15, -0.1) is 0 Å². The van der Waals surface area contributed by atoms with Crippen LogP contribution in [-0.4, -0.2) is 23.6 Å². The average molecular weight is 390 g/mol. The maximum Gasteiger partial charge on any atom is 0.141 e. The fourth-order valence-corrected chi connectivity index (χ4v) is 4.60. The third-order valence-electron chi connectivity index (χ3n) is 5.86. The lowest BCUT2D eigenvalue weighted by Crippen LogP contribution is -2.17. The zero-order chi connectivity index (χ0) is 20.3. The number of aromatic nitrogens is 2. The van der Waals surface area contributed by atoms with Crippen molar-refractivity contribution in [3.05, 3.63) is 58.1 Å². The number of rotatable bonds is 3. The van der Waals surface area contributed by atoms with E-state index in [4.69, 9.17) is 13.8 Å². The van der Waals surface area contributed by atoms with Crippen molar-refractivity contribution in [1.82, 2.24) is 10.3 Å². The molecular weight excluding hydrogens is 368 g/mol. The van der Waals surface area contributed by atoms with Gasteiger partial charge in [-0.2, -0.15) is 0 Å². The number of aryl methyl sites for hydroxylation is 4. The van der Waals surface area contributed by atoms with E-state index >= 15 is 0 Å². The first kappa shape index (κ1) is 17.7. The predicted molar refractivity (Wildman–Crippen MR) is 110 cm³/mol. The van der Waals surface area contributed by atoms with Crippen LogP contribution in [-0.2, 0) is 0 Å². The molecule has 1 aromatic carbocycles. The molecule has 2 aliphatic heterocycles. The number of nitrogens with zero attached hydrogens (tertiary/aromatic N) is 3. The van der Waals surface area contributed by atoms with Gasteiger partial charge in [0.05, 0.1) is 24.1 Å². The first-order valence-electron chi connectivity index (χ1n) is 9.58. The Morgan fingerprint density at radius 2 is 1.76 bits per heavy atom. The Labute approximate surface area is 168 Å². The van der Waals surface area contributed by atoms with Gasteiger partial charge in [0.15, 0.2) is 0 Å². The molecule has 0 bridgehead atoms. The lowest BCUT2D eigenvalue weighted by Gasteiger charge is -2.24. The monoisotopic (exact) mass is 390 g/mol. The van der Waals surface area contributed by atoms with Gasteiger partial charge < -0.3 is 19.1 Å². The summed E-state index contributed by atoms with van der Waals surface area (Å²) in [5.41, 5.74) is 8.02. The molecule has 0 fully saturated rings. The number of fused-ring (bicyclic) bond motifs is 3. The van der Waals surface area contributed by atoms with Crippen molar-refractivity contribution in [2.45, 2.75) is 39.5 Å². The number of hydrogen-bond donors (Lipinski definition) is 1. The van der Waals surface area contributed by atoms with Crippen LogP contribution in [0.5, 0.6) is 5.75 Å². The molecule has 0 amide bonds. The molecule has 5 rings (SSSR count). The standard InChI is InChI=1S/C22H22N4O3/c1-10-20(12(3)28-25-10)15-6-17-14(7-19(15)27-5)22-16(8-23-9-18(22)24-17)21-11(2)26-29-13(21)4/h6-9,16,22,24H,1-5H3. The lowest BCUT2D eigenvalue weighted by atomic mass is 9.79. The van der Waals surface area contributed by atoms with Gasteiger partial charge in [-0.25, -0.2) is 0 Å². The van der Waals surface area contributed by atoms with Gasteiger partial charge in [0.1, 0.15) is 17.3 Å². The molecule has 2 atom stereocenters. The summed E-state index contributed by atoms with van der Waals surface area (Å²) in [5, 5.41) is 11.8. The van der Waals surface area contributed by atoms with Crippen molar-refractivity contribution in [3.63, 3.8) is 0 Å². The highest BCUT2D eigenvalue weighted by atomic mass is 16.5. The number of benzene rings is 1. The Morgan fingerprint density at radius 3 is 2.41 bits per heavy atom. The zero-order valence-electron chi connectivity index (χ0n) is 17.0. The van der Waals surface area contributed by atoms with Crippen molar-refractivity contribution in [2.75, 3.05) is 12.4 Å². The van der Waals surface area contributed by atoms with E-state index < -0.39 is 0 Å². The van der Waals surface area contributed by atoms with Crippen LogP contribution in [0, 0.1) is 27.7 Å². The summed E-state index contributed by atoms with van der Waals surface area (Å²) in [6.07, 6.45) is 3.87. The van der Waals surface area contributed by atoms with E-state index in [0.29, 0.717) is 0 Å². The van der Waals surface area contributed by atoms with Gasteiger partial charge in [0, 0.05) is 46.8 Å². The molecule has 148 valence electrons. The molecule has 2 aliphatic rings. The molecule has 2 unspecified atom stereocenters. The average Bonchev–Trinajstić information content (AvgIpc) is 3.35. The molecule has 7 heteroatoms. The number of ether oxygens (including phenoxy) is 1. The van der Waals surface area contributed by atoms with E-state index in [1.807, 2.05) is 40.1 Å². The molecule has 0 spiro atoms. The van der Waals surface area contributed by atoms with Crippen molar-refractivity contribution < 1.29 is 13.8 Å². The number of hydrogen-bond acceptors (Lipinski definition) is 7. The van der Waals surface area contributed by atoms with Gasteiger partial charge in [0.25, 0.3) is 0 Å². The smallest absolute Gasteiger partial charge is 0.141 e. The van der Waals surface area contributed by atoms with Gasteiger partial charge in [-0.1, -0.05) is 10.3 Å². The second kappa shape index (κ2) is 6.34. The first-order valence-corrected chi connectivity index (χ1v) is 9.58. The Hall–Kier alpha value is -3.35. The third-order valence-corrected chi connectivity index (χ3v) is 5.86. The summed E-state index contributed by atoms with van der Waals surface area (Å²) in [6.45, 7) is 7.78. The minimum absolute atomic E-state index is 0.0459. The fraction of sp³-hybridized carbons (Fsp3) is 0.318. The van der Waals surface area contributed by atoms with Crippen LogP contribution in [0.2, 0.25) is 0 Å². The van der Waals surface area contributed by atoms with Crippen LogP contribution in [0.15, 0.2) is 38.1 Å². The molecule has 0 aliphatic carbocycles. The van der Waals surface area contributed by atoms with Crippen LogP contribution in [0.4, 0.5) is 5.69 Å². The van der Waals surface area contributed by atoms with Gasteiger partial charge in [-0.3, -0.25) is 4.99 Å². The minimum atomic E-state index is 0.0459. The molecule has 0 saturated heterocycles. The summed E-state index contributed by atoms with van der Waals surface area (Å²) in [4.78, 5) is 4.49. The number of methoxy groups -OCH3 is 1. The largest absolute Gasteiger partial charge is 0.496 e. The number of aliphatic imine (C=N–C) groups is 1. The van der Waals surface area contributed by atoms with Crippen LogP contribution >= 0.6 is 0 Å². The van der Waals surface area contributed by atoms with E-state index in [1.165, 1.54) is 5.56 Å². The molecule has 4 heterocycles. The van der Waals surface area contributed by atoms with Crippen LogP contribution < -0.4 is 10.1 Å². The van der Waals surface area contributed by atoms with Crippen molar-refractivity contribution in [2.24, 2.45) is 4.99 Å². The molecule has 1 N–H and O–H groups in total. The SMILES string of the molecule is COc1cc2c(cc1-c1c(C)noc1C)NC1=CN=CC(c3c(C)noc3C)C12. The van der Waals surface area contributed by atoms with E-state index in [-0.39, 0.29) is 11.8 Å². The minimum Gasteiger partial charge on any atom is -0.496 e. The molecular formula is C22H22N4O3. The van der Waals surface area contributed by atoms with Gasteiger partial charge in [-0.05, 0) is 45.4 Å². The lowest BCUT2D eigenvalue weighted by molar-refractivity contribution is 0.391. The van der Waals surface area contributed by atoms with Crippen molar-refractivity contribution in [1.29, 1.82) is 0 Å². The summed E-state index contributed by atoms with van der Waals surface area (Å²) >= 11 is 0. The van der Waals surface area contributed by atoms with E-state index in [2.05, 4.69) is 32.8 Å². The number of nitrogens with one attached hydrogen (secondary N) is 1. The zero-order valence-corrected chi connectivity index (χ0v) is 17.0. The fourth-order valence-electron chi connectivity index (χ4n) is 4.60. The van der Waals surface area contributed by atoms with Gasteiger partial charge >= 0.3 is 0 Å². The molecule has 0 saturated carbocycles. The number of allylic oxidation sites excluding steroid dienone is 1. The Bertz CT molecular complexity index is 1150. The third kappa shape index (κ3) is 2.53. The van der Waals surface area contributed by atoms with Gasteiger partial charge in [0.2, 0.25) is 0 Å². The highest BCUT2D eigenvalue weighted by Crippen LogP contribution is 2.52. The predicted octanol–water partition coefficient (Wildman–Crippen LogP) is 4.79. The summed E-state index contributed by atoms with van der Waals surface area (Å²) in [7, 11) is 1.69. The van der Waals surface area contributed by atoms with E-state index in [0.717, 1.165) is 56.7 Å². The second-order valence-electron chi connectivity index (χ2n) is 7.59. The highest BCUT2D eigenvalue weighted by Gasteiger charge is 2.39. The van der Waals surface area contributed by atoms with Crippen LogP contribution in [0.3, 0.4) is 0 Å². The number of anilines is 1. The summed E-state index contributed by atoms with van der Waals surface area (Å²) in [6, 6.07) is 4.23. The van der Waals surface area contributed by atoms with Crippen molar-refractivity contribution in [3.8, 4) is 16.9 Å². The second-order valence-corrected chi connectivity index (χ2v) is 7.59. The normalized spacial score (nSPS) is 19.6. The summed E-state index contributed by atoms with van der Waals surface area (Å²) in [5.74, 6) is 2.54. The first-order chi connectivity index (χ1) is 14.0. The molecule has 2 aromatic heterocycles. The van der Waals surface area contributed by atoms with E-state index in [9.17, 15) is 0 Å². The molecule has 29 heavy (non-hydrogen) atoms. The van der Waals surface area contributed by atoms with Crippen LogP contribution in [0.25, 0.3) is 11.1 Å². The quantitative estimate of drug-likeness (QED) is 0.692. The Kier molecular flexibility index (Phi) is 3.87. The maximum atomic E-state index is 5.78. The molecule has 0 radical (unpaired) electrons. The molecule has 3 aromatic rings. The maximum absolute atomic E-state index is 5.78. The topological polar surface area (TPSA) is 85.7 Å². The molecule has 7 nitrogen and oxygen atoms in total. The van der Waals surface area contributed by atoms with Crippen molar-refractivity contribution >= 4 is 11.9 Å². The van der Waals surface area contributed by atoms with Crippen LogP contribution in [0.1, 0.15) is 45.9 Å².